The predicted molar refractivity (Wildman–Crippen MR) is 107 cm³/mol. The van der Waals surface area contributed by atoms with Gasteiger partial charge in [0.2, 0.25) is 0 Å². The lowest BCUT2D eigenvalue weighted by Crippen LogP contribution is -2.36. The average molecular weight is 360 g/mol. The van der Waals surface area contributed by atoms with Gasteiger partial charge in [-0.15, -0.1) is 11.3 Å². The molecular formula is C20H29N3OS. The zero-order valence-electron chi connectivity index (χ0n) is 16.0. The maximum atomic E-state index is 5.52. The molecule has 1 unspecified atom stereocenters. The summed E-state index contributed by atoms with van der Waals surface area (Å²) in [7, 11) is 3.68. The second-order valence-electron chi connectivity index (χ2n) is 7.00. The molecule has 1 saturated heterocycles. The first-order chi connectivity index (χ1) is 12.0. The molecule has 0 bridgehead atoms. The molecule has 0 amide bonds. The van der Waals surface area contributed by atoms with Crippen molar-refractivity contribution in [3.63, 3.8) is 0 Å². The third-order valence-electron chi connectivity index (χ3n) is 5.14. The number of nitrogens with one attached hydrogen (secondary N) is 1. The summed E-state index contributed by atoms with van der Waals surface area (Å²) in [6.45, 7) is 8.73. The first-order valence-electron chi connectivity index (χ1n) is 9.10. The molecular weight excluding hydrogens is 330 g/mol. The minimum Gasteiger partial charge on any atom is -0.496 e. The third-order valence-corrected chi connectivity index (χ3v) is 6.19. The lowest BCUT2D eigenvalue weighted by atomic mass is 10.0. The monoisotopic (exact) mass is 359 g/mol. The molecule has 1 aliphatic rings. The Labute approximate surface area is 155 Å². The second kappa shape index (κ2) is 7.75. The lowest BCUT2D eigenvalue weighted by molar-refractivity contribution is 0.154. The largest absolute Gasteiger partial charge is 0.496 e. The van der Waals surface area contributed by atoms with Crippen LogP contribution in [0.15, 0.2) is 12.1 Å². The van der Waals surface area contributed by atoms with Crippen LogP contribution in [0.25, 0.3) is 11.3 Å². The van der Waals surface area contributed by atoms with Crippen LogP contribution in [0, 0.1) is 13.8 Å². The quantitative estimate of drug-likeness (QED) is 0.828. The highest BCUT2D eigenvalue weighted by Crippen LogP contribution is 2.36. The van der Waals surface area contributed by atoms with Crippen molar-refractivity contribution >= 4 is 16.5 Å². The van der Waals surface area contributed by atoms with Crippen LogP contribution in [0.3, 0.4) is 0 Å². The van der Waals surface area contributed by atoms with E-state index in [1.165, 1.54) is 36.2 Å². The number of methoxy groups -OCH3 is 1. The van der Waals surface area contributed by atoms with Crippen molar-refractivity contribution in [3.05, 3.63) is 28.1 Å². The van der Waals surface area contributed by atoms with Gasteiger partial charge in [-0.1, -0.05) is 6.42 Å². The zero-order chi connectivity index (χ0) is 18.0. The van der Waals surface area contributed by atoms with Gasteiger partial charge in [0.15, 0.2) is 5.13 Å². The van der Waals surface area contributed by atoms with Crippen molar-refractivity contribution in [3.8, 4) is 17.0 Å². The van der Waals surface area contributed by atoms with Crippen LogP contribution < -0.4 is 10.1 Å². The van der Waals surface area contributed by atoms with Crippen LogP contribution in [0.1, 0.15) is 42.2 Å². The number of likely N-dealkylation sites (tertiary alicyclic amines) is 1. The van der Waals surface area contributed by atoms with Gasteiger partial charge in [-0.3, -0.25) is 4.90 Å². The summed E-state index contributed by atoms with van der Waals surface area (Å²) < 4.78 is 5.52. The number of aryl methyl sites for hydroxylation is 2. The molecule has 0 radical (unpaired) electrons. The Morgan fingerprint density at radius 3 is 2.60 bits per heavy atom. The molecule has 3 rings (SSSR count). The van der Waals surface area contributed by atoms with Crippen LogP contribution in [-0.4, -0.2) is 36.6 Å². The molecule has 0 saturated carbocycles. The number of hydrogen-bond acceptors (Lipinski definition) is 5. The number of ether oxygens (including phenoxy) is 1. The number of hydrogen-bond donors (Lipinski definition) is 1. The highest BCUT2D eigenvalue weighted by Gasteiger charge is 2.22. The first-order valence-corrected chi connectivity index (χ1v) is 9.92. The minimum absolute atomic E-state index is 0.654. The molecule has 1 aliphatic heterocycles. The van der Waals surface area contributed by atoms with Crippen LogP contribution in [-0.2, 0) is 6.54 Å². The third kappa shape index (κ3) is 3.82. The number of aromatic nitrogens is 1. The van der Waals surface area contributed by atoms with Gasteiger partial charge in [-0.05, 0) is 63.4 Å². The van der Waals surface area contributed by atoms with Crippen molar-refractivity contribution in [1.29, 1.82) is 0 Å². The second-order valence-corrected chi connectivity index (χ2v) is 8.08. The van der Waals surface area contributed by atoms with E-state index in [1.807, 2.05) is 7.05 Å². The smallest absolute Gasteiger partial charge is 0.183 e. The Kier molecular flexibility index (Phi) is 5.64. The molecule has 1 aromatic heterocycles. The van der Waals surface area contributed by atoms with Gasteiger partial charge < -0.3 is 10.1 Å². The Hall–Kier alpha value is -1.59. The van der Waals surface area contributed by atoms with E-state index in [-0.39, 0.29) is 0 Å². The summed E-state index contributed by atoms with van der Waals surface area (Å²) in [6, 6.07) is 5.05. The van der Waals surface area contributed by atoms with Crippen LogP contribution in [0.5, 0.6) is 5.75 Å². The van der Waals surface area contributed by atoms with Gasteiger partial charge in [0, 0.05) is 30.1 Å². The zero-order valence-corrected chi connectivity index (χ0v) is 16.8. The molecule has 2 aromatic rings. The normalized spacial score (nSPS) is 18.4. The van der Waals surface area contributed by atoms with Gasteiger partial charge in [0.25, 0.3) is 0 Å². The number of benzene rings is 1. The summed E-state index contributed by atoms with van der Waals surface area (Å²) >= 11 is 1.78. The molecule has 1 N–H and O–H groups in total. The minimum atomic E-state index is 0.654. The standard InChI is InChI=1S/C20H29N3OS/c1-13-10-16(11-14(2)19(13)24-5)18-17(25-20(21-4)22-18)12-23-9-7-6-8-15(23)3/h10-11,15H,6-9,12H2,1-5H3,(H,21,22). The van der Waals surface area contributed by atoms with Crippen LogP contribution >= 0.6 is 11.3 Å². The average Bonchev–Trinajstić information content (AvgIpc) is 3.00. The van der Waals surface area contributed by atoms with E-state index in [0.717, 1.165) is 34.2 Å². The van der Waals surface area contributed by atoms with Gasteiger partial charge in [-0.25, -0.2) is 4.98 Å². The van der Waals surface area contributed by atoms with Crippen molar-refractivity contribution in [2.45, 2.75) is 52.6 Å². The van der Waals surface area contributed by atoms with Crippen molar-refractivity contribution < 1.29 is 4.74 Å². The molecule has 25 heavy (non-hydrogen) atoms. The first kappa shape index (κ1) is 18.2. The molecule has 2 heterocycles. The van der Waals surface area contributed by atoms with Crippen molar-refractivity contribution in [2.24, 2.45) is 0 Å². The Morgan fingerprint density at radius 1 is 1.28 bits per heavy atom. The molecule has 0 aliphatic carbocycles. The Balaban J connectivity index is 1.97. The van der Waals surface area contributed by atoms with Crippen LogP contribution in [0.4, 0.5) is 5.13 Å². The molecule has 1 aromatic carbocycles. The number of anilines is 1. The topological polar surface area (TPSA) is 37.4 Å². The SMILES string of the molecule is CNc1nc(-c2cc(C)c(OC)c(C)c2)c(CN2CCCCC2C)s1. The number of thiazole rings is 1. The summed E-state index contributed by atoms with van der Waals surface area (Å²) in [4.78, 5) is 8.82. The Bertz CT molecular complexity index is 718. The summed E-state index contributed by atoms with van der Waals surface area (Å²) in [5.74, 6) is 0.971. The van der Waals surface area contributed by atoms with Crippen molar-refractivity contribution in [2.75, 3.05) is 26.0 Å². The van der Waals surface area contributed by atoms with Gasteiger partial charge in [-0.2, -0.15) is 0 Å². The van der Waals surface area contributed by atoms with Crippen LogP contribution in [0.2, 0.25) is 0 Å². The lowest BCUT2D eigenvalue weighted by Gasteiger charge is -2.33. The molecule has 1 atom stereocenters. The highest BCUT2D eigenvalue weighted by atomic mass is 32.1. The molecule has 0 spiro atoms. The van der Waals surface area contributed by atoms with Crippen molar-refractivity contribution in [1.82, 2.24) is 9.88 Å². The van der Waals surface area contributed by atoms with E-state index < -0.39 is 0 Å². The maximum absolute atomic E-state index is 5.52. The van der Waals surface area contributed by atoms with E-state index >= 15 is 0 Å². The maximum Gasteiger partial charge on any atom is 0.183 e. The molecule has 4 nitrogen and oxygen atoms in total. The summed E-state index contributed by atoms with van der Waals surface area (Å²) in [6.07, 6.45) is 3.96. The summed E-state index contributed by atoms with van der Waals surface area (Å²) in [5.41, 5.74) is 4.62. The molecule has 136 valence electrons. The number of rotatable bonds is 5. The van der Waals surface area contributed by atoms with E-state index in [0.29, 0.717) is 6.04 Å². The van der Waals surface area contributed by atoms with Gasteiger partial charge >= 0.3 is 0 Å². The van der Waals surface area contributed by atoms with E-state index in [2.05, 4.69) is 43.1 Å². The van der Waals surface area contributed by atoms with Gasteiger partial charge in [0.05, 0.1) is 12.8 Å². The highest BCUT2D eigenvalue weighted by molar-refractivity contribution is 7.16. The van der Waals surface area contributed by atoms with Gasteiger partial charge in [0.1, 0.15) is 5.75 Å². The fourth-order valence-corrected chi connectivity index (χ4v) is 4.74. The summed E-state index contributed by atoms with van der Waals surface area (Å²) in [5, 5.41) is 4.21. The van der Waals surface area contributed by atoms with E-state index in [4.69, 9.17) is 9.72 Å². The Morgan fingerprint density at radius 2 is 2.00 bits per heavy atom. The number of piperidine rings is 1. The molecule has 5 heteroatoms. The predicted octanol–water partition coefficient (Wildman–Crippen LogP) is 4.85. The fourth-order valence-electron chi connectivity index (χ4n) is 3.78. The number of nitrogens with zero attached hydrogens (tertiary/aromatic N) is 2. The van der Waals surface area contributed by atoms with E-state index in [1.54, 1.807) is 18.4 Å². The van der Waals surface area contributed by atoms with E-state index in [9.17, 15) is 0 Å². The fraction of sp³-hybridized carbons (Fsp3) is 0.550. The molecule has 1 fully saturated rings.